The second-order valence-electron chi connectivity index (χ2n) is 3.25. The summed E-state index contributed by atoms with van der Waals surface area (Å²) >= 11 is 0. The number of H-pyrrole nitrogens is 1. The standard InChI is InChI=1S/C11H10N2O2.BrH/c1-7-10(6-12-11(15)13-7)8-2-4-9(14)5-3-8;/h2-6,14H,1H3,(H,12,13,15);1H. The van der Waals surface area contributed by atoms with Crippen molar-refractivity contribution in [2.24, 2.45) is 0 Å². The largest absolute Gasteiger partial charge is 0.508 e. The molecule has 1 aromatic carbocycles. The van der Waals surface area contributed by atoms with E-state index in [1.54, 1.807) is 37.4 Å². The van der Waals surface area contributed by atoms with Crippen molar-refractivity contribution in [1.82, 2.24) is 9.97 Å². The molecular formula is C11H11BrN2O2. The van der Waals surface area contributed by atoms with E-state index in [1.807, 2.05) is 0 Å². The van der Waals surface area contributed by atoms with Crippen molar-refractivity contribution in [3.05, 3.63) is 46.6 Å². The van der Waals surface area contributed by atoms with Crippen LogP contribution >= 0.6 is 17.0 Å². The molecule has 1 aromatic heterocycles. The number of hydrogen-bond donors (Lipinski definition) is 2. The molecule has 2 N–H and O–H groups in total. The number of phenols is 1. The molecule has 0 fully saturated rings. The average Bonchev–Trinajstić information content (AvgIpc) is 2.20. The van der Waals surface area contributed by atoms with Crippen molar-refractivity contribution in [2.45, 2.75) is 6.92 Å². The van der Waals surface area contributed by atoms with Crippen molar-refractivity contribution in [1.29, 1.82) is 0 Å². The molecule has 0 aliphatic carbocycles. The number of phenolic OH excluding ortho intramolecular Hbond substituents is 1. The monoisotopic (exact) mass is 282 g/mol. The molecule has 0 aliphatic heterocycles. The summed E-state index contributed by atoms with van der Waals surface area (Å²) in [5, 5.41) is 9.14. The van der Waals surface area contributed by atoms with E-state index in [9.17, 15) is 4.79 Å². The van der Waals surface area contributed by atoms with E-state index in [4.69, 9.17) is 5.11 Å². The van der Waals surface area contributed by atoms with E-state index in [1.165, 1.54) is 0 Å². The van der Waals surface area contributed by atoms with Crippen LogP contribution in [0.5, 0.6) is 5.75 Å². The van der Waals surface area contributed by atoms with Gasteiger partial charge in [0.05, 0.1) is 5.69 Å². The first-order valence-electron chi connectivity index (χ1n) is 4.52. The maximum absolute atomic E-state index is 10.9. The fourth-order valence-corrected chi connectivity index (χ4v) is 1.42. The van der Waals surface area contributed by atoms with Gasteiger partial charge in [0.15, 0.2) is 0 Å². The predicted octanol–water partition coefficient (Wildman–Crippen LogP) is 2.03. The van der Waals surface area contributed by atoms with Crippen molar-refractivity contribution >= 4 is 17.0 Å². The van der Waals surface area contributed by atoms with Gasteiger partial charge < -0.3 is 10.1 Å². The van der Waals surface area contributed by atoms with Crippen LogP contribution in [0.1, 0.15) is 5.69 Å². The van der Waals surface area contributed by atoms with Crippen LogP contribution in [0.15, 0.2) is 35.3 Å². The summed E-state index contributed by atoms with van der Waals surface area (Å²) in [5.41, 5.74) is 2.09. The topological polar surface area (TPSA) is 66.0 Å². The van der Waals surface area contributed by atoms with Crippen LogP contribution in [-0.4, -0.2) is 15.1 Å². The second kappa shape index (κ2) is 4.94. The summed E-state index contributed by atoms with van der Waals surface area (Å²) in [6, 6.07) is 6.75. The smallest absolute Gasteiger partial charge is 0.345 e. The Balaban J connectivity index is 0.00000128. The maximum Gasteiger partial charge on any atom is 0.345 e. The number of benzene rings is 1. The van der Waals surface area contributed by atoms with Crippen LogP contribution in [0.4, 0.5) is 0 Å². The zero-order valence-electron chi connectivity index (χ0n) is 8.60. The summed E-state index contributed by atoms with van der Waals surface area (Å²) in [4.78, 5) is 17.2. The van der Waals surface area contributed by atoms with Gasteiger partial charge in [0.25, 0.3) is 0 Å². The minimum Gasteiger partial charge on any atom is -0.508 e. The normalized spacial score (nSPS) is 9.56. The Bertz CT molecular complexity index is 534. The number of rotatable bonds is 1. The molecule has 0 aliphatic rings. The van der Waals surface area contributed by atoms with Crippen LogP contribution in [0, 0.1) is 6.92 Å². The minimum absolute atomic E-state index is 0. The SMILES string of the molecule is Br.Cc1nc(=O)[nH]cc1-c1ccc(O)cc1. The number of nitrogens with zero attached hydrogens (tertiary/aromatic N) is 1. The molecule has 16 heavy (non-hydrogen) atoms. The van der Waals surface area contributed by atoms with Gasteiger partial charge in [0.1, 0.15) is 5.75 Å². The summed E-state index contributed by atoms with van der Waals surface area (Å²) in [6.45, 7) is 1.78. The number of aromatic amines is 1. The van der Waals surface area contributed by atoms with Crippen molar-refractivity contribution in [2.75, 3.05) is 0 Å². The fraction of sp³-hybridized carbons (Fsp3) is 0.0909. The molecule has 0 saturated heterocycles. The van der Waals surface area contributed by atoms with Crippen LogP contribution < -0.4 is 5.69 Å². The van der Waals surface area contributed by atoms with Gasteiger partial charge in [-0.1, -0.05) is 12.1 Å². The lowest BCUT2D eigenvalue weighted by atomic mass is 10.1. The Morgan fingerprint density at radius 1 is 1.25 bits per heavy atom. The minimum atomic E-state index is -0.352. The molecule has 84 valence electrons. The maximum atomic E-state index is 10.9. The lowest BCUT2D eigenvalue weighted by molar-refractivity contribution is 0.475. The summed E-state index contributed by atoms with van der Waals surface area (Å²) in [7, 11) is 0. The molecule has 0 atom stereocenters. The van der Waals surface area contributed by atoms with Crippen LogP contribution in [0.3, 0.4) is 0 Å². The van der Waals surface area contributed by atoms with Gasteiger partial charge in [-0.15, -0.1) is 17.0 Å². The van der Waals surface area contributed by atoms with Crippen LogP contribution in [0.2, 0.25) is 0 Å². The molecule has 0 saturated carbocycles. The Hall–Kier alpha value is -1.62. The first kappa shape index (κ1) is 12.4. The van der Waals surface area contributed by atoms with E-state index in [2.05, 4.69) is 9.97 Å². The first-order chi connectivity index (χ1) is 7.16. The third-order valence-electron chi connectivity index (χ3n) is 2.18. The van der Waals surface area contributed by atoms with Crippen molar-refractivity contribution < 1.29 is 5.11 Å². The van der Waals surface area contributed by atoms with Gasteiger partial charge in [0, 0.05) is 11.8 Å². The first-order valence-corrected chi connectivity index (χ1v) is 4.52. The van der Waals surface area contributed by atoms with E-state index in [0.717, 1.165) is 11.1 Å². The second-order valence-corrected chi connectivity index (χ2v) is 3.25. The molecule has 0 radical (unpaired) electrons. The summed E-state index contributed by atoms with van der Waals surface area (Å²) in [6.07, 6.45) is 1.62. The zero-order valence-corrected chi connectivity index (χ0v) is 10.3. The molecule has 2 rings (SSSR count). The number of aromatic hydroxyl groups is 1. The highest BCUT2D eigenvalue weighted by Gasteiger charge is 2.03. The fourth-order valence-electron chi connectivity index (χ4n) is 1.42. The number of halogens is 1. The summed E-state index contributed by atoms with van der Waals surface area (Å²) < 4.78 is 0. The molecule has 0 spiro atoms. The average molecular weight is 283 g/mol. The van der Waals surface area contributed by atoms with E-state index in [0.29, 0.717) is 5.69 Å². The van der Waals surface area contributed by atoms with E-state index < -0.39 is 0 Å². The molecule has 2 aromatic rings. The van der Waals surface area contributed by atoms with E-state index >= 15 is 0 Å². The van der Waals surface area contributed by atoms with Gasteiger partial charge >= 0.3 is 5.69 Å². The number of hydrogen-bond acceptors (Lipinski definition) is 3. The van der Waals surface area contributed by atoms with Crippen LogP contribution in [-0.2, 0) is 0 Å². The van der Waals surface area contributed by atoms with Gasteiger partial charge in [-0.2, -0.15) is 4.98 Å². The van der Waals surface area contributed by atoms with Gasteiger partial charge in [-0.25, -0.2) is 4.79 Å². The molecule has 5 heteroatoms. The predicted molar refractivity (Wildman–Crippen MR) is 67.0 cm³/mol. The highest BCUT2D eigenvalue weighted by molar-refractivity contribution is 8.93. The van der Waals surface area contributed by atoms with Crippen molar-refractivity contribution in [3.63, 3.8) is 0 Å². The highest BCUT2D eigenvalue weighted by Crippen LogP contribution is 2.22. The summed E-state index contributed by atoms with van der Waals surface area (Å²) in [5.74, 6) is 0.216. The number of aryl methyl sites for hydroxylation is 1. The third kappa shape index (κ3) is 2.49. The molecule has 4 nitrogen and oxygen atoms in total. The molecule has 0 amide bonds. The van der Waals surface area contributed by atoms with Gasteiger partial charge in [0.2, 0.25) is 0 Å². The Kier molecular flexibility index (Phi) is 3.84. The molecule has 0 unspecified atom stereocenters. The van der Waals surface area contributed by atoms with Gasteiger partial charge in [-0.3, -0.25) is 0 Å². The zero-order chi connectivity index (χ0) is 10.8. The van der Waals surface area contributed by atoms with Crippen molar-refractivity contribution in [3.8, 4) is 16.9 Å². The number of aromatic nitrogens is 2. The quantitative estimate of drug-likeness (QED) is 0.841. The Morgan fingerprint density at radius 2 is 1.88 bits per heavy atom. The Morgan fingerprint density at radius 3 is 2.44 bits per heavy atom. The molecule has 1 heterocycles. The molecule has 0 bridgehead atoms. The molecular weight excluding hydrogens is 272 g/mol. The third-order valence-corrected chi connectivity index (χ3v) is 2.18. The highest BCUT2D eigenvalue weighted by atomic mass is 79.9. The van der Waals surface area contributed by atoms with Gasteiger partial charge in [-0.05, 0) is 24.6 Å². The van der Waals surface area contributed by atoms with E-state index in [-0.39, 0.29) is 28.4 Å². The lowest BCUT2D eigenvalue weighted by Crippen LogP contribution is -2.11. The Labute approximate surface area is 103 Å². The van der Waals surface area contributed by atoms with Crippen LogP contribution in [0.25, 0.3) is 11.1 Å². The lowest BCUT2D eigenvalue weighted by Gasteiger charge is -2.03. The number of nitrogens with one attached hydrogen (secondary N) is 1.